The SMILES string of the molecule is CCC1(CC)C(=O)N(C(=O)NC(c2ccccc2)c2ccccc2)[C@@H]1OCC(=O)N1CCN(CCO)CC1. The number of β-amino-alcohol motifs (C(OH)–C–C–N with tert-alkyl or cyclic N) is 1. The van der Waals surface area contributed by atoms with Gasteiger partial charge in [0.05, 0.1) is 18.1 Å². The molecule has 2 aliphatic heterocycles. The number of carbonyl (C=O) groups excluding carboxylic acids is 3. The van der Waals surface area contributed by atoms with Gasteiger partial charge in [0.25, 0.3) is 0 Å². The first-order valence-electron chi connectivity index (χ1n) is 13.4. The van der Waals surface area contributed by atoms with Gasteiger partial charge in [0, 0.05) is 32.7 Å². The molecule has 0 radical (unpaired) electrons. The second-order valence-corrected chi connectivity index (χ2v) is 9.85. The van der Waals surface area contributed by atoms with Gasteiger partial charge in [-0.25, -0.2) is 9.69 Å². The average molecular weight is 523 g/mol. The van der Waals surface area contributed by atoms with Gasteiger partial charge >= 0.3 is 6.03 Å². The van der Waals surface area contributed by atoms with E-state index in [2.05, 4.69) is 10.2 Å². The molecule has 0 aromatic heterocycles. The number of benzene rings is 2. The number of rotatable bonds is 10. The molecule has 4 rings (SSSR count). The van der Waals surface area contributed by atoms with E-state index in [0.717, 1.165) is 16.0 Å². The van der Waals surface area contributed by atoms with Crippen LogP contribution >= 0.6 is 0 Å². The number of piperazine rings is 1. The number of aliphatic hydroxyl groups excluding tert-OH is 1. The van der Waals surface area contributed by atoms with Crippen molar-refractivity contribution in [2.75, 3.05) is 45.9 Å². The summed E-state index contributed by atoms with van der Waals surface area (Å²) < 4.78 is 6.06. The molecule has 4 amide bonds. The van der Waals surface area contributed by atoms with E-state index in [0.29, 0.717) is 45.6 Å². The molecule has 2 aromatic carbocycles. The Hall–Kier alpha value is -3.27. The topological polar surface area (TPSA) is 102 Å². The minimum Gasteiger partial charge on any atom is -0.395 e. The molecule has 9 nitrogen and oxygen atoms in total. The molecular formula is C29H38N4O5. The molecule has 9 heteroatoms. The van der Waals surface area contributed by atoms with Crippen molar-refractivity contribution < 1.29 is 24.2 Å². The molecule has 0 spiro atoms. The second-order valence-electron chi connectivity index (χ2n) is 9.85. The first-order valence-corrected chi connectivity index (χ1v) is 13.4. The Bertz CT molecular complexity index is 1050. The zero-order valence-corrected chi connectivity index (χ0v) is 22.2. The molecular weight excluding hydrogens is 484 g/mol. The quantitative estimate of drug-likeness (QED) is 0.465. The Morgan fingerprint density at radius 2 is 1.53 bits per heavy atom. The monoisotopic (exact) mass is 522 g/mol. The number of β-lactam (4-membered cyclic amide) rings is 1. The van der Waals surface area contributed by atoms with Crippen LogP contribution in [-0.4, -0.2) is 89.8 Å². The summed E-state index contributed by atoms with van der Waals surface area (Å²) in [5.41, 5.74) is 0.947. The van der Waals surface area contributed by atoms with Crippen LogP contribution < -0.4 is 5.32 Å². The van der Waals surface area contributed by atoms with E-state index in [1.54, 1.807) is 4.90 Å². The van der Waals surface area contributed by atoms with E-state index >= 15 is 0 Å². The molecule has 1 atom stereocenters. The number of imide groups is 1. The van der Waals surface area contributed by atoms with E-state index in [9.17, 15) is 14.4 Å². The van der Waals surface area contributed by atoms with Crippen molar-refractivity contribution >= 4 is 17.8 Å². The van der Waals surface area contributed by atoms with Crippen LogP contribution in [-0.2, 0) is 14.3 Å². The number of amides is 4. The lowest BCUT2D eigenvalue weighted by Crippen LogP contribution is -2.73. The third-order valence-electron chi connectivity index (χ3n) is 7.87. The van der Waals surface area contributed by atoms with Crippen LogP contribution in [0.4, 0.5) is 4.79 Å². The van der Waals surface area contributed by atoms with Crippen molar-refractivity contribution in [3.63, 3.8) is 0 Å². The number of hydrogen-bond donors (Lipinski definition) is 2. The molecule has 0 unspecified atom stereocenters. The molecule has 2 N–H and O–H groups in total. The van der Waals surface area contributed by atoms with Crippen LogP contribution in [0.1, 0.15) is 43.9 Å². The van der Waals surface area contributed by atoms with E-state index < -0.39 is 23.7 Å². The van der Waals surface area contributed by atoms with Gasteiger partial charge in [-0.05, 0) is 24.0 Å². The lowest BCUT2D eigenvalue weighted by atomic mass is 9.72. The van der Waals surface area contributed by atoms with E-state index in [1.807, 2.05) is 74.5 Å². The lowest BCUT2D eigenvalue weighted by Gasteiger charge is -2.53. The van der Waals surface area contributed by atoms with Crippen molar-refractivity contribution in [2.45, 2.75) is 39.0 Å². The maximum atomic E-state index is 13.6. The van der Waals surface area contributed by atoms with E-state index in [1.165, 1.54) is 0 Å². The van der Waals surface area contributed by atoms with Gasteiger partial charge in [0.1, 0.15) is 6.61 Å². The molecule has 204 valence electrons. The molecule has 0 bridgehead atoms. The number of nitrogens with zero attached hydrogens (tertiary/aromatic N) is 3. The predicted molar refractivity (Wildman–Crippen MR) is 143 cm³/mol. The van der Waals surface area contributed by atoms with Gasteiger partial charge in [-0.1, -0.05) is 74.5 Å². The van der Waals surface area contributed by atoms with Crippen molar-refractivity contribution in [1.29, 1.82) is 0 Å². The number of hydrogen-bond acceptors (Lipinski definition) is 6. The molecule has 0 saturated carbocycles. The van der Waals surface area contributed by atoms with Crippen LogP contribution in [0, 0.1) is 5.41 Å². The van der Waals surface area contributed by atoms with Crippen LogP contribution in [0.3, 0.4) is 0 Å². The zero-order valence-electron chi connectivity index (χ0n) is 22.2. The summed E-state index contributed by atoms with van der Waals surface area (Å²) in [7, 11) is 0. The summed E-state index contributed by atoms with van der Waals surface area (Å²) in [5.74, 6) is -0.448. The van der Waals surface area contributed by atoms with Crippen LogP contribution in [0.25, 0.3) is 0 Å². The van der Waals surface area contributed by atoms with Crippen LogP contribution in [0.5, 0.6) is 0 Å². The molecule has 2 aromatic rings. The Morgan fingerprint density at radius 3 is 2.03 bits per heavy atom. The zero-order chi connectivity index (χ0) is 27.1. The third kappa shape index (κ3) is 5.60. The number of nitrogens with one attached hydrogen (secondary N) is 1. The number of likely N-dealkylation sites (tertiary alicyclic amines) is 1. The average Bonchev–Trinajstić information content (AvgIpc) is 2.96. The van der Waals surface area contributed by atoms with Gasteiger partial charge in [-0.2, -0.15) is 0 Å². The highest BCUT2D eigenvalue weighted by Crippen LogP contribution is 2.46. The first-order chi connectivity index (χ1) is 18.4. The van der Waals surface area contributed by atoms with Gasteiger partial charge in [-0.15, -0.1) is 0 Å². The highest BCUT2D eigenvalue weighted by molar-refractivity contribution is 6.03. The molecule has 2 saturated heterocycles. The summed E-state index contributed by atoms with van der Waals surface area (Å²) in [4.78, 5) is 44.8. The minimum absolute atomic E-state index is 0.0934. The summed E-state index contributed by atoms with van der Waals surface area (Å²) in [5, 5.41) is 12.2. The van der Waals surface area contributed by atoms with Gasteiger partial charge < -0.3 is 20.1 Å². The number of aliphatic hydroxyl groups is 1. The predicted octanol–water partition coefficient (Wildman–Crippen LogP) is 2.61. The van der Waals surface area contributed by atoms with Gasteiger partial charge in [0.2, 0.25) is 11.8 Å². The largest absolute Gasteiger partial charge is 0.395 e. The maximum Gasteiger partial charge on any atom is 0.327 e. The Labute approximate surface area is 224 Å². The highest BCUT2D eigenvalue weighted by atomic mass is 16.5. The van der Waals surface area contributed by atoms with Crippen molar-refractivity contribution in [3.8, 4) is 0 Å². The van der Waals surface area contributed by atoms with Crippen molar-refractivity contribution in [1.82, 2.24) is 20.0 Å². The maximum absolute atomic E-state index is 13.6. The smallest absolute Gasteiger partial charge is 0.327 e. The fourth-order valence-corrected chi connectivity index (χ4v) is 5.41. The Balaban J connectivity index is 1.47. The molecule has 2 fully saturated rings. The van der Waals surface area contributed by atoms with Crippen molar-refractivity contribution in [2.24, 2.45) is 5.41 Å². The van der Waals surface area contributed by atoms with Gasteiger partial charge in [-0.3, -0.25) is 14.5 Å². The fourth-order valence-electron chi connectivity index (χ4n) is 5.41. The normalized spacial score (nSPS) is 19.4. The number of ether oxygens (including phenoxy) is 1. The van der Waals surface area contributed by atoms with Crippen LogP contribution in [0.15, 0.2) is 60.7 Å². The molecule has 0 aliphatic carbocycles. The summed E-state index contributed by atoms with van der Waals surface area (Å²) in [6.45, 7) is 6.79. The summed E-state index contributed by atoms with van der Waals surface area (Å²) in [6.07, 6.45) is 0.189. The number of urea groups is 1. The molecule has 2 aliphatic rings. The van der Waals surface area contributed by atoms with E-state index in [-0.39, 0.29) is 25.0 Å². The Morgan fingerprint density at radius 1 is 0.974 bits per heavy atom. The fraction of sp³-hybridized carbons (Fsp3) is 0.483. The Kier molecular flexibility index (Phi) is 9.14. The highest BCUT2D eigenvalue weighted by Gasteiger charge is 2.62. The number of carbonyl (C=O) groups is 3. The van der Waals surface area contributed by atoms with Gasteiger partial charge in [0.15, 0.2) is 6.23 Å². The summed E-state index contributed by atoms with van der Waals surface area (Å²) >= 11 is 0. The van der Waals surface area contributed by atoms with E-state index in [4.69, 9.17) is 9.84 Å². The lowest BCUT2D eigenvalue weighted by molar-refractivity contribution is -0.212. The first kappa shape index (κ1) is 27.8. The van der Waals surface area contributed by atoms with Crippen LogP contribution in [0.2, 0.25) is 0 Å². The summed E-state index contributed by atoms with van der Waals surface area (Å²) in [6, 6.07) is 18.2. The molecule has 2 heterocycles. The third-order valence-corrected chi connectivity index (χ3v) is 7.87. The standard InChI is InChI=1S/C29H38N4O5/c1-3-29(4-2)26(36)33(27(29)38-21-24(35)32-17-15-31(16-18-32)19-20-34)28(37)30-25(22-11-7-5-8-12-22)23-13-9-6-10-14-23/h5-14,25,27,34H,3-4,15-21H2,1-2H3,(H,30,37)/t27-/m1/s1. The molecule has 38 heavy (non-hydrogen) atoms. The second kappa shape index (κ2) is 12.5. The van der Waals surface area contributed by atoms with Crippen molar-refractivity contribution in [3.05, 3.63) is 71.8 Å². The minimum atomic E-state index is -0.841.